The van der Waals surface area contributed by atoms with Crippen molar-refractivity contribution < 1.29 is 13.6 Å². The number of hydrogen-bond donors (Lipinski definition) is 1. The van der Waals surface area contributed by atoms with Gasteiger partial charge in [0.2, 0.25) is 5.91 Å². The topological polar surface area (TPSA) is 35.6 Å². The Kier molecular flexibility index (Phi) is 4.88. The average Bonchev–Trinajstić information content (AvgIpc) is 2.76. The third-order valence-electron chi connectivity index (χ3n) is 4.27. The lowest BCUT2D eigenvalue weighted by molar-refractivity contribution is -0.135. The van der Waals surface area contributed by atoms with Crippen molar-refractivity contribution in [1.29, 1.82) is 0 Å². The SMILES string of the molecule is CC(C)(C)CCN1CCN(C(=O)C2CC(F)(F)CN2)CC1. The van der Waals surface area contributed by atoms with E-state index >= 15 is 0 Å². The molecule has 0 aromatic rings. The lowest BCUT2D eigenvalue weighted by Gasteiger charge is -2.37. The first-order chi connectivity index (χ1) is 9.66. The lowest BCUT2D eigenvalue weighted by atomic mass is 9.92. The molecule has 0 aromatic carbocycles. The van der Waals surface area contributed by atoms with Gasteiger partial charge in [0.1, 0.15) is 0 Å². The third kappa shape index (κ3) is 4.88. The Balaban J connectivity index is 1.75. The molecular weight excluding hydrogens is 276 g/mol. The minimum Gasteiger partial charge on any atom is -0.339 e. The monoisotopic (exact) mass is 303 g/mol. The first kappa shape index (κ1) is 16.6. The van der Waals surface area contributed by atoms with Gasteiger partial charge >= 0.3 is 0 Å². The standard InChI is InChI=1S/C15H27F2N3O/c1-14(2,3)4-5-19-6-8-20(9-7-19)13(21)12-10-15(16,17)11-18-12/h12,18H,4-11H2,1-3H3. The van der Waals surface area contributed by atoms with E-state index in [0.717, 1.165) is 26.1 Å². The maximum absolute atomic E-state index is 13.2. The summed E-state index contributed by atoms with van der Waals surface area (Å²) in [4.78, 5) is 16.3. The molecule has 21 heavy (non-hydrogen) atoms. The molecule has 0 aliphatic carbocycles. The zero-order chi connectivity index (χ0) is 15.7. The molecule has 1 N–H and O–H groups in total. The van der Waals surface area contributed by atoms with Gasteiger partial charge in [0.05, 0.1) is 12.6 Å². The molecule has 2 aliphatic rings. The number of carbonyl (C=O) groups excluding carboxylic acids is 1. The van der Waals surface area contributed by atoms with Crippen molar-refractivity contribution in [2.75, 3.05) is 39.3 Å². The number of piperazine rings is 1. The van der Waals surface area contributed by atoms with Gasteiger partial charge in [0.25, 0.3) is 5.92 Å². The highest BCUT2D eigenvalue weighted by Crippen LogP contribution is 2.26. The Bertz CT molecular complexity index is 374. The van der Waals surface area contributed by atoms with Crippen molar-refractivity contribution in [2.24, 2.45) is 5.41 Å². The van der Waals surface area contributed by atoms with Crippen LogP contribution in [-0.4, -0.2) is 66.9 Å². The van der Waals surface area contributed by atoms with E-state index in [1.54, 1.807) is 4.90 Å². The smallest absolute Gasteiger partial charge is 0.262 e. The van der Waals surface area contributed by atoms with Crippen LogP contribution >= 0.6 is 0 Å². The van der Waals surface area contributed by atoms with Crippen molar-refractivity contribution in [3.05, 3.63) is 0 Å². The van der Waals surface area contributed by atoms with E-state index in [2.05, 4.69) is 31.0 Å². The molecule has 1 amide bonds. The van der Waals surface area contributed by atoms with Gasteiger partial charge in [-0.15, -0.1) is 0 Å². The molecule has 1 unspecified atom stereocenters. The highest BCUT2D eigenvalue weighted by molar-refractivity contribution is 5.82. The number of hydrogen-bond acceptors (Lipinski definition) is 3. The fourth-order valence-corrected chi connectivity index (χ4v) is 2.80. The molecular formula is C15H27F2N3O. The van der Waals surface area contributed by atoms with Crippen LogP contribution in [-0.2, 0) is 4.79 Å². The van der Waals surface area contributed by atoms with Gasteiger partial charge in [-0.2, -0.15) is 0 Å². The number of alkyl halides is 2. The minimum atomic E-state index is -2.74. The van der Waals surface area contributed by atoms with Crippen molar-refractivity contribution in [3.63, 3.8) is 0 Å². The Labute approximate surface area is 125 Å². The molecule has 0 spiro atoms. The van der Waals surface area contributed by atoms with Gasteiger partial charge in [-0.25, -0.2) is 8.78 Å². The Morgan fingerprint density at radius 3 is 2.33 bits per heavy atom. The number of halogens is 2. The summed E-state index contributed by atoms with van der Waals surface area (Å²) in [5, 5.41) is 2.65. The summed E-state index contributed by atoms with van der Waals surface area (Å²) in [6.07, 6.45) is 0.757. The fourth-order valence-electron chi connectivity index (χ4n) is 2.80. The summed E-state index contributed by atoms with van der Waals surface area (Å²) in [6, 6.07) is -0.707. The second kappa shape index (κ2) is 6.16. The number of nitrogens with one attached hydrogen (secondary N) is 1. The van der Waals surface area contributed by atoms with Crippen molar-refractivity contribution in [2.45, 2.75) is 45.6 Å². The molecule has 0 radical (unpaired) electrons. The van der Waals surface area contributed by atoms with Gasteiger partial charge in [-0.1, -0.05) is 20.8 Å². The molecule has 0 bridgehead atoms. The first-order valence-electron chi connectivity index (χ1n) is 7.79. The zero-order valence-electron chi connectivity index (χ0n) is 13.3. The Morgan fingerprint density at radius 1 is 1.24 bits per heavy atom. The van der Waals surface area contributed by atoms with Crippen LogP contribution in [0.25, 0.3) is 0 Å². The van der Waals surface area contributed by atoms with Crippen LogP contribution in [0, 0.1) is 5.41 Å². The molecule has 4 nitrogen and oxygen atoms in total. The van der Waals surface area contributed by atoms with E-state index in [1.165, 1.54) is 0 Å². The lowest BCUT2D eigenvalue weighted by Crippen LogP contribution is -2.53. The van der Waals surface area contributed by atoms with Crippen LogP contribution in [0.4, 0.5) is 8.78 Å². The summed E-state index contributed by atoms with van der Waals surface area (Å²) in [5.41, 5.74) is 0.312. The van der Waals surface area contributed by atoms with E-state index in [1.807, 2.05) is 0 Å². The van der Waals surface area contributed by atoms with Crippen LogP contribution in [0.15, 0.2) is 0 Å². The second-order valence-corrected chi connectivity index (χ2v) is 7.47. The molecule has 1 atom stereocenters. The summed E-state index contributed by atoms with van der Waals surface area (Å²) in [7, 11) is 0. The van der Waals surface area contributed by atoms with Gasteiger partial charge in [0.15, 0.2) is 0 Å². The quantitative estimate of drug-likeness (QED) is 0.859. The molecule has 2 rings (SSSR count). The summed E-state index contributed by atoms with van der Waals surface area (Å²) >= 11 is 0. The van der Waals surface area contributed by atoms with Gasteiger partial charge in [-0.05, 0) is 18.4 Å². The summed E-state index contributed by atoms with van der Waals surface area (Å²) in [5.74, 6) is -2.91. The van der Waals surface area contributed by atoms with Gasteiger partial charge in [-0.3, -0.25) is 15.0 Å². The molecule has 2 heterocycles. The van der Waals surface area contributed by atoms with E-state index in [-0.39, 0.29) is 18.9 Å². The number of carbonyl (C=O) groups is 1. The maximum atomic E-state index is 13.2. The number of rotatable bonds is 3. The van der Waals surface area contributed by atoms with E-state index in [0.29, 0.717) is 18.5 Å². The van der Waals surface area contributed by atoms with Gasteiger partial charge in [0, 0.05) is 32.6 Å². The predicted octanol–water partition coefficient (Wildman–Crippen LogP) is 1.56. The normalized spacial score (nSPS) is 27.1. The van der Waals surface area contributed by atoms with Crippen LogP contribution in [0.3, 0.4) is 0 Å². The minimum absolute atomic E-state index is 0.164. The third-order valence-corrected chi connectivity index (χ3v) is 4.27. The predicted molar refractivity (Wildman–Crippen MR) is 78.4 cm³/mol. The van der Waals surface area contributed by atoms with Crippen LogP contribution < -0.4 is 5.32 Å². The molecule has 122 valence electrons. The Hall–Kier alpha value is -0.750. The van der Waals surface area contributed by atoms with Crippen LogP contribution in [0.2, 0.25) is 0 Å². The van der Waals surface area contributed by atoms with Gasteiger partial charge < -0.3 is 4.90 Å². The van der Waals surface area contributed by atoms with Crippen LogP contribution in [0.5, 0.6) is 0 Å². The van der Waals surface area contributed by atoms with Crippen molar-refractivity contribution >= 4 is 5.91 Å². The molecule has 0 saturated carbocycles. The number of amides is 1. The van der Waals surface area contributed by atoms with E-state index < -0.39 is 12.0 Å². The number of nitrogens with zero attached hydrogens (tertiary/aromatic N) is 2. The van der Waals surface area contributed by atoms with Crippen molar-refractivity contribution in [1.82, 2.24) is 15.1 Å². The molecule has 2 saturated heterocycles. The Morgan fingerprint density at radius 2 is 1.86 bits per heavy atom. The summed E-state index contributed by atoms with van der Waals surface area (Å²) in [6.45, 7) is 10.3. The zero-order valence-corrected chi connectivity index (χ0v) is 13.3. The summed E-state index contributed by atoms with van der Waals surface area (Å²) < 4.78 is 26.3. The maximum Gasteiger partial charge on any atom is 0.262 e. The molecule has 2 fully saturated rings. The van der Waals surface area contributed by atoms with Crippen molar-refractivity contribution in [3.8, 4) is 0 Å². The van der Waals surface area contributed by atoms with Crippen LogP contribution in [0.1, 0.15) is 33.6 Å². The van der Waals surface area contributed by atoms with E-state index in [4.69, 9.17) is 0 Å². The fraction of sp³-hybridized carbons (Fsp3) is 0.933. The highest BCUT2D eigenvalue weighted by atomic mass is 19.3. The molecule has 0 aromatic heterocycles. The largest absolute Gasteiger partial charge is 0.339 e. The highest BCUT2D eigenvalue weighted by Gasteiger charge is 2.43. The van der Waals surface area contributed by atoms with E-state index in [9.17, 15) is 13.6 Å². The molecule has 6 heteroatoms. The molecule has 2 aliphatic heterocycles. The first-order valence-corrected chi connectivity index (χ1v) is 7.79. The second-order valence-electron chi connectivity index (χ2n) is 7.47. The average molecular weight is 303 g/mol.